The highest BCUT2D eigenvalue weighted by Crippen LogP contribution is 2.23. The van der Waals surface area contributed by atoms with Gasteiger partial charge < -0.3 is 25.8 Å². The van der Waals surface area contributed by atoms with Crippen LogP contribution in [0, 0.1) is 0 Å². The molecule has 0 fully saturated rings. The first-order valence-corrected chi connectivity index (χ1v) is 8.85. The van der Waals surface area contributed by atoms with Crippen molar-refractivity contribution in [2.24, 2.45) is 0 Å². The summed E-state index contributed by atoms with van der Waals surface area (Å²) in [7, 11) is 0. The standard InChI is InChI=1S/C17H28BrN3O3.2ClH/c1-17(2,3)21-16(23)12-24-15-5-4-14(18)10-13(15)11-20-7-6-19-8-9-22;;/h4-5,10,19-20,22H,6-9,11-12H2,1-3H3,(H,21,23);2*1H. The molecule has 4 N–H and O–H groups in total. The molecule has 6 nitrogen and oxygen atoms in total. The maximum absolute atomic E-state index is 11.9. The number of nitrogens with one attached hydrogen (secondary N) is 3. The average Bonchev–Trinajstić information content (AvgIpc) is 2.48. The lowest BCUT2D eigenvalue weighted by atomic mass is 10.1. The van der Waals surface area contributed by atoms with Gasteiger partial charge >= 0.3 is 0 Å². The van der Waals surface area contributed by atoms with Crippen LogP contribution in [-0.2, 0) is 11.3 Å². The molecule has 152 valence electrons. The van der Waals surface area contributed by atoms with E-state index in [0.29, 0.717) is 18.8 Å². The van der Waals surface area contributed by atoms with Crippen molar-refractivity contribution in [2.45, 2.75) is 32.9 Å². The van der Waals surface area contributed by atoms with Crippen LogP contribution in [0.25, 0.3) is 0 Å². The largest absolute Gasteiger partial charge is 0.483 e. The van der Waals surface area contributed by atoms with Gasteiger partial charge in [0.25, 0.3) is 5.91 Å². The van der Waals surface area contributed by atoms with Crippen LogP contribution in [0.4, 0.5) is 0 Å². The van der Waals surface area contributed by atoms with Crippen molar-refractivity contribution in [3.05, 3.63) is 28.2 Å². The number of halogens is 3. The summed E-state index contributed by atoms with van der Waals surface area (Å²) < 4.78 is 6.64. The Morgan fingerprint density at radius 1 is 1.15 bits per heavy atom. The molecule has 0 atom stereocenters. The van der Waals surface area contributed by atoms with Gasteiger partial charge in [0.05, 0.1) is 6.61 Å². The van der Waals surface area contributed by atoms with E-state index in [1.54, 1.807) is 0 Å². The number of rotatable bonds is 10. The Morgan fingerprint density at radius 3 is 2.42 bits per heavy atom. The molecule has 1 aromatic carbocycles. The van der Waals surface area contributed by atoms with Gasteiger partial charge in [-0.2, -0.15) is 0 Å². The van der Waals surface area contributed by atoms with Crippen molar-refractivity contribution < 1.29 is 14.6 Å². The lowest BCUT2D eigenvalue weighted by Crippen LogP contribution is -2.43. The Kier molecular flexibility index (Phi) is 15.4. The molecule has 0 saturated heterocycles. The van der Waals surface area contributed by atoms with Crippen LogP contribution in [-0.4, -0.2) is 49.4 Å². The lowest BCUT2D eigenvalue weighted by molar-refractivity contribution is -0.124. The van der Waals surface area contributed by atoms with Crippen molar-refractivity contribution in [3.8, 4) is 5.75 Å². The van der Waals surface area contributed by atoms with E-state index in [2.05, 4.69) is 31.9 Å². The Labute approximate surface area is 176 Å². The van der Waals surface area contributed by atoms with Crippen LogP contribution in [0.1, 0.15) is 26.3 Å². The van der Waals surface area contributed by atoms with Crippen molar-refractivity contribution in [1.29, 1.82) is 0 Å². The molecule has 1 aromatic rings. The quantitative estimate of drug-likeness (QED) is 0.391. The molecule has 0 heterocycles. The number of aliphatic hydroxyl groups is 1. The SMILES string of the molecule is CC(C)(C)NC(=O)COc1ccc(Br)cc1CNCCNCCO.Cl.Cl. The Bertz CT molecular complexity index is 528. The van der Waals surface area contributed by atoms with Crippen molar-refractivity contribution in [1.82, 2.24) is 16.0 Å². The molecule has 1 rings (SSSR count). The number of amides is 1. The fraction of sp³-hybridized carbons (Fsp3) is 0.588. The van der Waals surface area contributed by atoms with Crippen LogP contribution in [0.3, 0.4) is 0 Å². The number of ether oxygens (including phenoxy) is 1. The molecule has 0 aliphatic carbocycles. The fourth-order valence-electron chi connectivity index (χ4n) is 2.03. The van der Waals surface area contributed by atoms with Crippen molar-refractivity contribution in [3.63, 3.8) is 0 Å². The van der Waals surface area contributed by atoms with E-state index in [1.807, 2.05) is 39.0 Å². The fourth-order valence-corrected chi connectivity index (χ4v) is 2.44. The van der Waals surface area contributed by atoms with Gasteiger partial charge in [-0.3, -0.25) is 4.79 Å². The van der Waals surface area contributed by atoms with E-state index in [9.17, 15) is 4.79 Å². The monoisotopic (exact) mass is 473 g/mol. The first kappa shape index (κ1) is 27.6. The molecule has 9 heteroatoms. The zero-order chi connectivity index (χ0) is 18.0. The molecule has 26 heavy (non-hydrogen) atoms. The van der Waals surface area contributed by atoms with Crippen molar-refractivity contribution in [2.75, 3.05) is 32.8 Å². The molecular formula is C17H30BrCl2N3O3. The zero-order valence-corrected chi connectivity index (χ0v) is 18.7. The number of hydrogen-bond donors (Lipinski definition) is 4. The molecule has 0 bridgehead atoms. The summed E-state index contributed by atoms with van der Waals surface area (Å²) in [6.07, 6.45) is 0. The minimum atomic E-state index is -0.272. The molecular weight excluding hydrogens is 445 g/mol. The molecule has 0 saturated carbocycles. The van der Waals surface area contributed by atoms with Gasteiger partial charge in [-0.25, -0.2) is 0 Å². The number of hydrogen-bond acceptors (Lipinski definition) is 5. The Hall–Kier alpha value is -0.570. The van der Waals surface area contributed by atoms with Crippen LogP contribution in [0.15, 0.2) is 22.7 Å². The first-order chi connectivity index (χ1) is 11.3. The summed E-state index contributed by atoms with van der Waals surface area (Å²) in [6, 6.07) is 5.73. The van der Waals surface area contributed by atoms with Gasteiger partial charge in [0.1, 0.15) is 5.75 Å². The average molecular weight is 475 g/mol. The van der Waals surface area contributed by atoms with Gasteiger partial charge in [0.15, 0.2) is 6.61 Å². The van der Waals surface area contributed by atoms with Crippen LogP contribution >= 0.6 is 40.7 Å². The van der Waals surface area contributed by atoms with Crippen LogP contribution < -0.4 is 20.7 Å². The summed E-state index contributed by atoms with van der Waals surface area (Å²) in [5, 5.41) is 18.0. The molecule has 0 aliphatic rings. The van der Waals surface area contributed by atoms with Gasteiger partial charge in [0.2, 0.25) is 0 Å². The van der Waals surface area contributed by atoms with Crippen molar-refractivity contribution >= 4 is 46.7 Å². The van der Waals surface area contributed by atoms with Gasteiger partial charge in [-0.15, -0.1) is 24.8 Å². The van der Waals surface area contributed by atoms with Gasteiger partial charge in [0, 0.05) is 41.8 Å². The second-order valence-corrected chi connectivity index (χ2v) is 7.40. The lowest BCUT2D eigenvalue weighted by Gasteiger charge is -2.21. The van der Waals surface area contributed by atoms with Crippen LogP contribution in [0.2, 0.25) is 0 Å². The van der Waals surface area contributed by atoms with Gasteiger partial charge in [-0.1, -0.05) is 15.9 Å². The summed E-state index contributed by atoms with van der Waals surface area (Å²) >= 11 is 3.46. The van der Waals surface area contributed by atoms with Gasteiger partial charge in [-0.05, 0) is 39.0 Å². The first-order valence-electron chi connectivity index (χ1n) is 8.06. The third-order valence-electron chi connectivity index (χ3n) is 2.98. The Morgan fingerprint density at radius 2 is 1.81 bits per heavy atom. The highest BCUT2D eigenvalue weighted by Gasteiger charge is 2.14. The maximum Gasteiger partial charge on any atom is 0.258 e. The highest BCUT2D eigenvalue weighted by atomic mass is 79.9. The summed E-state index contributed by atoms with van der Waals surface area (Å²) in [6.45, 7) is 8.71. The summed E-state index contributed by atoms with van der Waals surface area (Å²) in [4.78, 5) is 11.9. The summed E-state index contributed by atoms with van der Waals surface area (Å²) in [5.41, 5.74) is 0.710. The minimum absolute atomic E-state index is 0. The third-order valence-corrected chi connectivity index (χ3v) is 3.47. The van der Waals surface area contributed by atoms with E-state index in [0.717, 1.165) is 23.1 Å². The smallest absolute Gasteiger partial charge is 0.258 e. The van der Waals surface area contributed by atoms with E-state index in [-0.39, 0.29) is 49.5 Å². The predicted octanol–water partition coefficient (Wildman–Crippen LogP) is 2.26. The predicted molar refractivity (Wildman–Crippen MR) is 114 cm³/mol. The minimum Gasteiger partial charge on any atom is -0.483 e. The van der Waals surface area contributed by atoms with E-state index in [4.69, 9.17) is 9.84 Å². The number of carbonyl (C=O) groups is 1. The second-order valence-electron chi connectivity index (χ2n) is 6.49. The molecule has 0 aromatic heterocycles. The second kappa shape index (κ2) is 14.5. The maximum atomic E-state index is 11.9. The molecule has 0 unspecified atom stereocenters. The Balaban J connectivity index is 0. The van der Waals surface area contributed by atoms with E-state index < -0.39 is 0 Å². The topological polar surface area (TPSA) is 82.6 Å². The molecule has 0 spiro atoms. The molecule has 0 radical (unpaired) electrons. The zero-order valence-electron chi connectivity index (χ0n) is 15.4. The van der Waals surface area contributed by atoms with E-state index >= 15 is 0 Å². The molecule has 0 aliphatic heterocycles. The third kappa shape index (κ3) is 12.7. The highest BCUT2D eigenvalue weighted by molar-refractivity contribution is 9.10. The number of benzene rings is 1. The number of aliphatic hydroxyl groups excluding tert-OH is 1. The summed E-state index contributed by atoms with van der Waals surface area (Å²) in [5.74, 6) is 0.551. The van der Waals surface area contributed by atoms with E-state index in [1.165, 1.54) is 0 Å². The van der Waals surface area contributed by atoms with Crippen LogP contribution in [0.5, 0.6) is 5.75 Å². The number of carbonyl (C=O) groups excluding carboxylic acids is 1. The normalized spacial score (nSPS) is 10.5. The molecule has 1 amide bonds.